The number of benzene rings is 2. The SMILES string of the molecule is O[C@@H](CCN1C[C@@H]2CN(c3ccccc3)C3(CCN([C@@H]4CCCc5ccccc54)CC3)[C@@H]2C1)C(F)(F)F. The highest BCUT2D eigenvalue weighted by Crippen LogP contribution is 2.52. The second-order valence-electron chi connectivity index (χ2n) is 11.7. The standard InChI is InChI=1S/C30H38F3N3O/c31-30(32,33)28(37)13-16-34-19-23-20-36(24-9-2-1-3-10-24)29(26(23)21-34)14-17-35(18-15-29)27-12-6-8-22-7-4-5-11-25(22)27/h1-5,7,9-11,23,26-28,37H,6,8,12-21H2/t23-,26-,27-,28+/m1/s1. The Morgan fingerprint density at radius 1 is 0.946 bits per heavy atom. The van der Waals surface area contributed by atoms with Crippen molar-refractivity contribution in [3.8, 4) is 0 Å². The number of hydrogen-bond acceptors (Lipinski definition) is 4. The summed E-state index contributed by atoms with van der Waals surface area (Å²) in [5, 5.41) is 9.54. The molecular formula is C30H38F3N3O. The number of likely N-dealkylation sites (tertiary alicyclic amines) is 2. The highest BCUT2D eigenvalue weighted by molar-refractivity contribution is 5.52. The molecule has 0 bridgehead atoms. The van der Waals surface area contributed by atoms with Gasteiger partial charge < -0.3 is 14.9 Å². The third-order valence-corrected chi connectivity index (χ3v) is 9.77. The number of aliphatic hydroxyl groups excluding tert-OH is 1. The van der Waals surface area contributed by atoms with Crippen LogP contribution in [-0.2, 0) is 6.42 Å². The van der Waals surface area contributed by atoms with Crippen molar-refractivity contribution in [3.63, 3.8) is 0 Å². The number of para-hydroxylation sites is 1. The summed E-state index contributed by atoms with van der Waals surface area (Å²) in [7, 11) is 0. The van der Waals surface area contributed by atoms with E-state index < -0.39 is 12.3 Å². The first-order valence-electron chi connectivity index (χ1n) is 14.0. The van der Waals surface area contributed by atoms with Crippen molar-refractivity contribution in [2.24, 2.45) is 11.8 Å². The molecule has 0 aromatic heterocycles. The molecule has 6 rings (SSSR count). The van der Waals surface area contributed by atoms with Gasteiger partial charge in [0.15, 0.2) is 6.10 Å². The van der Waals surface area contributed by atoms with Gasteiger partial charge >= 0.3 is 6.18 Å². The average molecular weight is 514 g/mol. The number of nitrogens with zero attached hydrogens (tertiary/aromatic N) is 3. The fraction of sp³-hybridized carbons (Fsp3) is 0.600. The van der Waals surface area contributed by atoms with Crippen molar-refractivity contribution in [3.05, 3.63) is 65.7 Å². The summed E-state index contributed by atoms with van der Waals surface area (Å²) in [6, 6.07) is 20.1. The molecule has 0 amide bonds. The quantitative estimate of drug-likeness (QED) is 0.589. The molecule has 3 fully saturated rings. The van der Waals surface area contributed by atoms with Gasteiger partial charge in [-0.25, -0.2) is 0 Å². The predicted octanol–water partition coefficient (Wildman–Crippen LogP) is 5.28. The van der Waals surface area contributed by atoms with Gasteiger partial charge in [-0.15, -0.1) is 0 Å². The van der Waals surface area contributed by atoms with E-state index in [-0.39, 0.29) is 12.0 Å². The maximum Gasteiger partial charge on any atom is 0.414 e. The molecule has 1 N–H and O–H groups in total. The second kappa shape index (κ2) is 9.90. The number of halogens is 3. The zero-order chi connectivity index (χ0) is 25.6. The third kappa shape index (κ3) is 4.68. The van der Waals surface area contributed by atoms with Crippen LogP contribution in [0, 0.1) is 11.8 Å². The van der Waals surface area contributed by atoms with Crippen LogP contribution >= 0.6 is 0 Å². The number of piperidine rings is 1. The van der Waals surface area contributed by atoms with Crippen LogP contribution < -0.4 is 4.90 Å². The number of aryl methyl sites for hydroxylation is 1. The van der Waals surface area contributed by atoms with E-state index >= 15 is 0 Å². The Hall–Kier alpha value is -2.09. The molecule has 0 unspecified atom stereocenters. The lowest BCUT2D eigenvalue weighted by molar-refractivity contribution is -0.206. The first kappa shape index (κ1) is 25.2. The minimum atomic E-state index is -4.54. The van der Waals surface area contributed by atoms with Gasteiger partial charge in [0.25, 0.3) is 0 Å². The van der Waals surface area contributed by atoms with Crippen LogP contribution in [0.3, 0.4) is 0 Å². The largest absolute Gasteiger partial charge is 0.414 e. The summed E-state index contributed by atoms with van der Waals surface area (Å²) in [6.07, 6.45) is -1.21. The van der Waals surface area contributed by atoms with Crippen LogP contribution in [0.15, 0.2) is 54.6 Å². The van der Waals surface area contributed by atoms with Gasteiger partial charge in [-0.05, 0) is 67.7 Å². The molecule has 3 heterocycles. The van der Waals surface area contributed by atoms with Crippen LogP contribution in [0.1, 0.15) is 49.3 Å². The lowest BCUT2D eigenvalue weighted by Crippen LogP contribution is -2.57. The number of alkyl halides is 3. The molecule has 1 aliphatic carbocycles. The van der Waals surface area contributed by atoms with E-state index in [2.05, 4.69) is 69.3 Å². The van der Waals surface area contributed by atoms with E-state index in [1.54, 1.807) is 0 Å². The van der Waals surface area contributed by atoms with Crippen LogP contribution in [0.4, 0.5) is 18.9 Å². The van der Waals surface area contributed by atoms with Gasteiger partial charge in [-0.3, -0.25) is 4.90 Å². The highest BCUT2D eigenvalue weighted by atomic mass is 19.4. The number of fused-ring (bicyclic) bond motifs is 3. The average Bonchev–Trinajstić information content (AvgIpc) is 3.45. The summed E-state index contributed by atoms with van der Waals surface area (Å²) in [5.41, 5.74) is 4.31. The van der Waals surface area contributed by atoms with Crippen molar-refractivity contribution in [2.75, 3.05) is 44.2 Å². The first-order chi connectivity index (χ1) is 17.8. The molecule has 2 aromatic carbocycles. The summed E-state index contributed by atoms with van der Waals surface area (Å²) in [4.78, 5) is 7.53. The van der Waals surface area contributed by atoms with Gasteiger partial charge in [0.1, 0.15) is 0 Å². The monoisotopic (exact) mass is 513 g/mol. The maximum atomic E-state index is 12.9. The van der Waals surface area contributed by atoms with Gasteiger partial charge in [0, 0.05) is 62.5 Å². The summed E-state index contributed by atoms with van der Waals surface area (Å²) in [6.45, 7) is 5.01. The first-order valence-corrected chi connectivity index (χ1v) is 14.0. The Morgan fingerprint density at radius 3 is 2.43 bits per heavy atom. The number of rotatable bonds is 5. The lowest BCUT2D eigenvalue weighted by atomic mass is 9.74. The van der Waals surface area contributed by atoms with Gasteiger partial charge in [-0.1, -0.05) is 42.5 Å². The van der Waals surface area contributed by atoms with Crippen molar-refractivity contribution in [2.45, 2.75) is 62.4 Å². The molecule has 2 aromatic rings. The Labute approximate surface area is 218 Å². The molecule has 4 aliphatic rings. The summed E-state index contributed by atoms with van der Waals surface area (Å²) in [5.74, 6) is 0.890. The zero-order valence-electron chi connectivity index (χ0n) is 21.4. The molecule has 3 saturated heterocycles. The molecule has 37 heavy (non-hydrogen) atoms. The van der Waals surface area contributed by atoms with Crippen LogP contribution in [0.5, 0.6) is 0 Å². The molecule has 3 aliphatic heterocycles. The van der Waals surface area contributed by atoms with E-state index in [1.807, 2.05) is 0 Å². The molecule has 1 spiro atoms. The Morgan fingerprint density at radius 2 is 1.68 bits per heavy atom. The Balaban J connectivity index is 1.20. The predicted molar refractivity (Wildman–Crippen MR) is 140 cm³/mol. The molecule has 4 nitrogen and oxygen atoms in total. The topological polar surface area (TPSA) is 30.0 Å². The van der Waals surface area contributed by atoms with E-state index in [4.69, 9.17) is 0 Å². The summed E-state index contributed by atoms with van der Waals surface area (Å²) < 4.78 is 38.6. The minimum absolute atomic E-state index is 0.0358. The van der Waals surface area contributed by atoms with Crippen molar-refractivity contribution in [1.29, 1.82) is 0 Å². The third-order valence-electron chi connectivity index (χ3n) is 9.77. The number of hydrogen-bond donors (Lipinski definition) is 1. The molecule has 4 atom stereocenters. The smallest absolute Gasteiger partial charge is 0.384 e. The van der Waals surface area contributed by atoms with Gasteiger partial charge in [0.2, 0.25) is 0 Å². The molecule has 200 valence electrons. The highest BCUT2D eigenvalue weighted by Gasteiger charge is 2.57. The fourth-order valence-corrected chi connectivity index (χ4v) is 7.96. The van der Waals surface area contributed by atoms with Crippen LogP contribution in [0.25, 0.3) is 0 Å². The van der Waals surface area contributed by atoms with Crippen LogP contribution in [-0.4, -0.2) is 72.0 Å². The van der Waals surface area contributed by atoms with Gasteiger partial charge in [0.05, 0.1) is 0 Å². The second-order valence-corrected chi connectivity index (χ2v) is 11.7. The lowest BCUT2D eigenvalue weighted by Gasteiger charge is -2.51. The maximum absolute atomic E-state index is 12.9. The van der Waals surface area contributed by atoms with Crippen LogP contribution in [0.2, 0.25) is 0 Å². The zero-order valence-corrected chi connectivity index (χ0v) is 21.4. The number of aliphatic hydroxyl groups is 1. The van der Waals surface area contributed by atoms with Crippen molar-refractivity contribution < 1.29 is 18.3 Å². The fourth-order valence-electron chi connectivity index (χ4n) is 7.96. The summed E-state index contributed by atoms with van der Waals surface area (Å²) >= 11 is 0. The van der Waals surface area contributed by atoms with E-state index in [0.29, 0.717) is 24.4 Å². The Kier molecular flexibility index (Phi) is 6.74. The molecule has 0 radical (unpaired) electrons. The van der Waals surface area contributed by atoms with E-state index in [0.717, 1.165) is 45.6 Å². The minimum Gasteiger partial charge on any atom is -0.384 e. The molecule has 0 saturated carbocycles. The van der Waals surface area contributed by atoms with E-state index in [9.17, 15) is 18.3 Å². The van der Waals surface area contributed by atoms with Gasteiger partial charge in [-0.2, -0.15) is 13.2 Å². The van der Waals surface area contributed by atoms with Crippen molar-refractivity contribution in [1.82, 2.24) is 9.80 Å². The number of anilines is 1. The Bertz CT molecular complexity index is 1070. The normalized spacial score (nSPS) is 28.9. The molecular weight excluding hydrogens is 475 g/mol. The molecule has 7 heteroatoms. The van der Waals surface area contributed by atoms with E-state index in [1.165, 1.54) is 36.1 Å². The van der Waals surface area contributed by atoms with Crippen molar-refractivity contribution >= 4 is 5.69 Å².